The highest BCUT2D eigenvalue weighted by atomic mass is 14.7. The Kier molecular flexibility index (Phi) is 3.54. The van der Waals surface area contributed by atoms with Crippen LogP contribution in [0.1, 0.15) is 0 Å². The fourth-order valence-corrected chi connectivity index (χ4v) is 4.51. The number of fused-ring (bicyclic) bond motifs is 3. The van der Waals surface area contributed by atoms with Gasteiger partial charge in [0.1, 0.15) is 0 Å². The second-order valence-corrected chi connectivity index (χ2v) is 7.47. The average molecular weight is 369 g/mol. The number of hydrogen-bond acceptors (Lipinski definition) is 0. The maximum Gasteiger partial charge on any atom is 0.0551 e. The van der Waals surface area contributed by atoms with E-state index >= 15 is 0 Å². The Hall–Kier alpha value is -3.84. The summed E-state index contributed by atoms with van der Waals surface area (Å²) >= 11 is 0. The van der Waals surface area contributed by atoms with Gasteiger partial charge in [0.25, 0.3) is 0 Å². The van der Waals surface area contributed by atoms with Crippen molar-refractivity contribution in [3.05, 3.63) is 109 Å². The number of para-hydroxylation sites is 1. The third-order valence-corrected chi connectivity index (χ3v) is 5.82. The molecular weight excluding hydrogens is 350 g/mol. The fourth-order valence-electron chi connectivity index (χ4n) is 4.51. The summed E-state index contributed by atoms with van der Waals surface area (Å²) < 4.78 is 0. The van der Waals surface area contributed by atoms with Crippen LogP contribution in [0.4, 0.5) is 0 Å². The summed E-state index contributed by atoms with van der Waals surface area (Å²) in [7, 11) is 0. The van der Waals surface area contributed by atoms with Gasteiger partial charge < -0.3 is 4.98 Å². The molecule has 6 rings (SSSR count). The highest BCUT2D eigenvalue weighted by Crippen LogP contribution is 2.42. The van der Waals surface area contributed by atoms with E-state index in [0.29, 0.717) is 0 Å². The molecule has 1 aromatic heterocycles. The molecule has 0 bridgehead atoms. The summed E-state index contributed by atoms with van der Waals surface area (Å²) in [6, 6.07) is 39.0. The van der Waals surface area contributed by atoms with Gasteiger partial charge in [0, 0.05) is 22.0 Å². The minimum absolute atomic E-state index is 1.17. The summed E-state index contributed by atoms with van der Waals surface area (Å²) in [5.74, 6) is 0. The quantitative estimate of drug-likeness (QED) is 0.320. The zero-order valence-corrected chi connectivity index (χ0v) is 15.9. The smallest absolute Gasteiger partial charge is 0.0551 e. The molecule has 1 N–H and O–H groups in total. The predicted octanol–water partition coefficient (Wildman–Crippen LogP) is 7.81. The van der Waals surface area contributed by atoms with Crippen LogP contribution in [-0.2, 0) is 0 Å². The molecule has 0 radical (unpaired) electrons. The summed E-state index contributed by atoms with van der Waals surface area (Å²) in [4.78, 5) is 3.74. The van der Waals surface area contributed by atoms with Crippen LogP contribution in [0.25, 0.3) is 54.8 Å². The van der Waals surface area contributed by atoms with Crippen molar-refractivity contribution in [2.24, 2.45) is 0 Å². The number of hydrogen-bond donors (Lipinski definition) is 1. The van der Waals surface area contributed by atoms with E-state index in [1.807, 2.05) is 0 Å². The first-order valence-corrected chi connectivity index (χ1v) is 9.97. The van der Waals surface area contributed by atoms with Crippen molar-refractivity contribution in [3.8, 4) is 22.4 Å². The molecule has 0 aliphatic heterocycles. The highest BCUT2D eigenvalue weighted by molar-refractivity contribution is 6.13. The van der Waals surface area contributed by atoms with E-state index in [1.165, 1.54) is 54.8 Å². The van der Waals surface area contributed by atoms with Gasteiger partial charge in [0.15, 0.2) is 0 Å². The molecule has 6 aromatic rings. The first-order valence-electron chi connectivity index (χ1n) is 9.97. The van der Waals surface area contributed by atoms with Gasteiger partial charge in [-0.3, -0.25) is 0 Å². The Labute approximate surface area is 169 Å². The Morgan fingerprint density at radius 3 is 1.66 bits per heavy atom. The molecule has 0 saturated carbocycles. The van der Waals surface area contributed by atoms with E-state index in [4.69, 9.17) is 0 Å². The molecule has 1 nitrogen and oxygen atoms in total. The topological polar surface area (TPSA) is 15.8 Å². The van der Waals surface area contributed by atoms with Gasteiger partial charge in [0.2, 0.25) is 0 Å². The molecule has 0 fully saturated rings. The monoisotopic (exact) mass is 369 g/mol. The molecule has 0 aliphatic carbocycles. The van der Waals surface area contributed by atoms with Gasteiger partial charge in [-0.1, -0.05) is 103 Å². The van der Waals surface area contributed by atoms with Crippen LogP contribution in [0, 0.1) is 0 Å². The number of aromatic amines is 1. The molecule has 0 aliphatic rings. The minimum atomic E-state index is 1.17. The molecule has 0 amide bonds. The third kappa shape index (κ3) is 2.48. The Morgan fingerprint density at radius 2 is 0.931 bits per heavy atom. The SMILES string of the molecule is c1ccc2c(-c3[nH]c4ccccc4c3-c3cccc4ccccc34)cccc2c1. The lowest BCUT2D eigenvalue weighted by Crippen LogP contribution is -1.86. The van der Waals surface area contributed by atoms with Crippen LogP contribution < -0.4 is 0 Å². The molecule has 1 heterocycles. The molecule has 136 valence electrons. The molecule has 29 heavy (non-hydrogen) atoms. The molecule has 0 unspecified atom stereocenters. The standard InChI is InChI=1S/C28H19N/c1-3-13-21-19(9-1)11-7-16-23(21)27-25-15-5-6-18-26(25)29-28(27)24-17-8-12-20-10-2-4-14-22(20)24/h1-18,29H. The third-order valence-electron chi connectivity index (χ3n) is 5.82. The lowest BCUT2D eigenvalue weighted by molar-refractivity contribution is 1.46. The molecule has 1 heteroatoms. The summed E-state index contributed by atoms with van der Waals surface area (Å²) in [6.07, 6.45) is 0. The first kappa shape index (κ1) is 16.1. The van der Waals surface area contributed by atoms with Crippen molar-refractivity contribution in [2.75, 3.05) is 0 Å². The maximum absolute atomic E-state index is 3.74. The molecular formula is C28H19N. The number of rotatable bonds is 2. The Morgan fingerprint density at radius 1 is 0.414 bits per heavy atom. The average Bonchev–Trinajstić information content (AvgIpc) is 3.17. The van der Waals surface area contributed by atoms with Crippen LogP contribution in [0.15, 0.2) is 109 Å². The Balaban J connectivity index is 1.77. The lowest BCUT2D eigenvalue weighted by Gasteiger charge is -2.11. The lowest BCUT2D eigenvalue weighted by atomic mass is 9.92. The van der Waals surface area contributed by atoms with E-state index in [-0.39, 0.29) is 0 Å². The van der Waals surface area contributed by atoms with E-state index in [9.17, 15) is 0 Å². The first-order chi connectivity index (χ1) is 14.4. The van der Waals surface area contributed by atoms with Gasteiger partial charge in [-0.25, -0.2) is 0 Å². The zero-order valence-electron chi connectivity index (χ0n) is 15.9. The second kappa shape index (κ2) is 6.35. The van der Waals surface area contributed by atoms with Crippen molar-refractivity contribution in [2.45, 2.75) is 0 Å². The molecule has 0 spiro atoms. The maximum atomic E-state index is 3.74. The number of aromatic nitrogens is 1. The molecule has 0 saturated heterocycles. The Bertz CT molecular complexity index is 1490. The van der Waals surface area contributed by atoms with Gasteiger partial charge in [-0.15, -0.1) is 0 Å². The van der Waals surface area contributed by atoms with Crippen LogP contribution >= 0.6 is 0 Å². The fraction of sp³-hybridized carbons (Fsp3) is 0. The van der Waals surface area contributed by atoms with E-state index in [2.05, 4.69) is 114 Å². The number of nitrogens with one attached hydrogen (secondary N) is 1. The van der Waals surface area contributed by atoms with Crippen molar-refractivity contribution in [1.29, 1.82) is 0 Å². The van der Waals surface area contributed by atoms with Crippen LogP contribution in [0.5, 0.6) is 0 Å². The van der Waals surface area contributed by atoms with Crippen molar-refractivity contribution < 1.29 is 0 Å². The van der Waals surface area contributed by atoms with Crippen LogP contribution in [0.2, 0.25) is 0 Å². The van der Waals surface area contributed by atoms with Gasteiger partial charge >= 0.3 is 0 Å². The van der Waals surface area contributed by atoms with Crippen molar-refractivity contribution in [1.82, 2.24) is 4.98 Å². The summed E-state index contributed by atoms with van der Waals surface area (Å²) in [5, 5.41) is 6.32. The molecule has 5 aromatic carbocycles. The van der Waals surface area contributed by atoms with Gasteiger partial charge in [0.05, 0.1) is 5.69 Å². The number of H-pyrrole nitrogens is 1. The summed E-state index contributed by atoms with van der Waals surface area (Å²) in [5.41, 5.74) is 6.12. The zero-order chi connectivity index (χ0) is 19.2. The normalized spacial score (nSPS) is 11.4. The molecule has 0 atom stereocenters. The second-order valence-electron chi connectivity index (χ2n) is 7.47. The summed E-state index contributed by atoms with van der Waals surface area (Å²) in [6.45, 7) is 0. The number of benzene rings is 5. The van der Waals surface area contributed by atoms with E-state index in [0.717, 1.165) is 0 Å². The predicted molar refractivity (Wildman–Crippen MR) is 124 cm³/mol. The largest absolute Gasteiger partial charge is 0.354 e. The van der Waals surface area contributed by atoms with Gasteiger partial charge in [-0.05, 0) is 33.2 Å². The van der Waals surface area contributed by atoms with E-state index < -0.39 is 0 Å². The van der Waals surface area contributed by atoms with E-state index in [1.54, 1.807) is 0 Å². The van der Waals surface area contributed by atoms with Crippen LogP contribution in [-0.4, -0.2) is 4.98 Å². The van der Waals surface area contributed by atoms with Gasteiger partial charge in [-0.2, -0.15) is 0 Å². The van der Waals surface area contributed by atoms with Crippen LogP contribution in [0.3, 0.4) is 0 Å². The minimum Gasteiger partial charge on any atom is -0.354 e. The van der Waals surface area contributed by atoms with Crippen molar-refractivity contribution in [3.63, 3.8) is 0 Å². The van der Waals surface area contributed by atoms with Crippen molar-refractivity contribution >= 4 is 32.4 Å². The highest BCUT2D eigenvalue weighted by Gasteiger charge is 2.18.